The summed E-state index contributed by atoms with van der Waals surface area (Å²) in [6, 6.07) is 7.67. The van der Waals surface area contributed by atoms with Gasteiger partial charge in [-0.2, -0.15) is 0 Å². The number of fused-ring (bicyclic) bond motifs is 3. The number of nitrogen functional groups attached to an aromatic ring is 1. The molecule has 0 radical (unpaired) electrons. The molecule has 2 aromatic heterocycles. The van der Waals surface area contributed by atoms with Crippen LogP contribution in [0.4, 0.5) is 5.82 Å². The van der Waals surface area contributed by atoms with Crippen molar-refractivity contribution in [1.82, 2.24) is 24.9 Å². The molecule has 256 valence electrons. The van der Waals surface area contributed by atoms with Gasteiger partial charge in [0.05, 0.1) is 109 Å². The van der Waals surface area contributed by atoms with Gasteiger partial charge in [0.2, 0.25) is 11.8 Å². The number of para-hydroxylation sites is 1. The number of benzene rings is 1. The second-order valence-corrected chi connectivity index (χ2v) is 11.2. The Morgan fingerprint density at radius 1 is 0.891 bits per heavy atom. The van der Waals surface area contributed by atoms with Crippen LogP contribution in [0.25, 0.3) is 21.9 Å². The molecule has 3 aromatic rings. The number of hydrazine groups is 1. The zero-order valence-electron chi connectivity index (χ0n) is 27.2. The fourth-order valence-corrected chi connectivity index (χ4v) is 4.67. The summed E-state index contributed by atoms with van der Waals surface area (Å²) in [6.45, 7) is 10.2. The van der Waals surface area contributed by atoms with Crippen LogP contribution < -0.4 is 17.0 Å². The molecule has 0 aliphatic heterocycles. The summed E-state index contributed by atoms with van der Waals surface area (Å²) in [4.78, 5) is 35.1. The fraction of sp³-hybridized carbons (Fsp3) is 0.613. The maximum absolute atomic E-state index is 13.1. The van der Waals surface area contributed by atoms with Gasteiger partial charge in [0, 0.05) is 11.9 Å². The Kier molecular flexibility index (Phi) is 15.5. The summed E-state index contributed by atoms with van der Waals surface area (Å²) in [6.07, 6.45) is 0.424. The number of nitrogens with one attached hydrogen (secondary N) is 1. The molecule has 46 heavy (non-hydrogen) atoms. The lowest BCUT2D eigenvalue weighted by Crippen LogP contribution is -2.34. The number of ether oxygens (including phenoxy) is 5. The number of imidazole rings is 1. The average Bonchev–Trinajstić information content (AvgIpc) is 3.38. The monoisotopic (exact) mass is 647 g/mol. The Morgan fingerprint density at radius 3 is 1.98 bits per heavy atom. The van der Waals surface area contributed by atoms with Crippen molar-refractivity contribution in [2.24, 2.45) is 5.84 Å². The predicted octanol–water partition coefficient (Wildman–Crippen LogP) is 1.14. The van der Waals surface area contributed by atoms with E-state index in [1.54, 1.807) is 18.7 Å². The number of aromatic nitrogens is 3. The molecule has 0 atom stereocenters. The Bertz CT molecular complexity index is 1380. The number of pyridine rings is 1. The number of rotatable bonds is 23. The SMILES string of the molecule is CCN(Cc1nc2c(N)nc3ccccc3c2n1CC(C)(C)O)C(=O)CCOCCOCCOCCOCCOCCC(=O)NN. The number of amides is 2. The van der Waals surface area contributed by atoms with Crippen molar-refractivity contribution < 1.29 is 38.4 Å². The lowest BCUT2D eigenvalue weighted by molar-refractivity contribution is -0.133. The number of nitrogens with zero attached hydrogens (tertiary/aromatic N) is 4. The van der Waals surface area contributed by atoms with E-state index in [9.17, 15) is 14.7 Å². The maximum atomic E-state index is 13.1. The largest absolute Gasteiger partial charge is 0.389 e. The van der Waals surface area contributed by atoms with E-state index in [-0.39, 0.29) is 44.4 Å². The molecule has 2 amide bonds. The zero-order chi connectivity index (χ0) is 33.4. The summed E-state index contributed by atoms with van der Waals surface area (Å²) >= 11 is 0. The van der Waals surface area contributed by atoms with Crippen molar-refractivity contribution in [3.63, 3.8) is 0 Å². The van der Waals surface area contributed by atoms with Crippen LogP contribution in [0.2, 0.25) is 0 Å². The summed E-state index contributed by atoms with van der Waals surface area (Å²) in [5, 5.41) is 11.6. The van der Waals surface area contributed by atoms with E-state index in [0.717, 1.165) is 16.4 Å². The Labute approximate surface area is 269 Å². The Hall–Kier alpha value is -3.44. The molecule has 0 fully saturated rings. The van der Waals surface area contributed by atoms with Crippen LogP contribution in [0.15, 0.2) is 24.3 Å². The molecule has 0 spiro atoms. The molecule has 3 rings (SSSR count). The molecule has 6 N–H and O–H groups in total. The van der Waals surface area contributed by atoms with Gasteiger partial charge in [-0.15, -0.1) is 0 Å². The second kappa shape index (κ2) is 19.3. The van der Waals surface area contributed by atoms with Crippen LogP contribution in [0.5, 0.6) is 0 Å². The van der Waals surface area contributed by atoms with Crippen molar-refractivity contribution in [3.8, 4) is 0 Å². The molecule has 0 saturated carbocycles. The van der Waals surface area contributed by atoms with Crippen molar-refractivity contribution in [1.29, 1.82) is 0 Å². The minimum atomic E-state index is -1.03. The van der Waals surface area contributed by atoms with Crippen molar-refractivity contribution in [2.75, 3.05) is 78.3 Å². The van der Waals surface area contributed by atoms with Gasteiger partial charge in [-0.05, 0) is 26.8 Å². The first-order chi connectivity index (χ1) is 22.1. The van der Waals surface area contributed by atoms with Gasteiger partial charge in [0.25, 0.3) is 0 Å². The highest BCUT2D eigenvalue weighted by atomic mass is 16.6. The topological polar surface area (TPSA) is 199 Å². The van der Waals surface area contributed by atoms with Crippen LogP contribution in [0, 0.1) is 0 Å². The minimum Gasteiger partial charge on any atom is -0.389 e. The average molecular weight is 648 g/mol. The van der Waals surface area contributed by atoms with E-state index in [1.807, 2.05) is 41.2 Å². The number of nitrogens with two attached hydrogens (primary N) is 2. The summed E-state index contributed by atoms with van der Waals surface area (Å²) < 4.78 is 29.2. The minimum absolute atomic E-state index is 0.0672. The fourth-order valence-electron chi connectivity index (χ4n) is 4.67. The molecule has 15 nitrogen and oxygen atoms in total. The highest BCUT2D eigenvalue weighted by molar-refractivity contribution is 6.06. The van der Waals surface area contributed by atoms with E-state index >= 15 is 0 Å². The first-order valence-electron chi connectivity index (χ1n) is 15.6. The van der Waals surface area contributed by atoms with Gasteiger partial charge >= 0.3 is 0 Å². The van der Waals surface area contributed by atoms with Crippen LogP contribution in [0.1, 0.15) is 39.4 Å². The van der Waals surface area contributed by atoms with E-state index in [1.165, 1.54) is 0 Å². The highest BCUT2D eigenvalue weighted by Crippen LogP contribution is 2.30. The smallest absolute Gasteiger partial charge is 0.236 e. The Morgan fingerprint density at radius 2 is 1.43 bits per heavy atom. The molecule has 0 aliphatic carbocycles. The first-order valence-corrected chi connectivity index (χ1v) is 15.6. The van der Waals surface area contributed by atoms with Crippen LogP contribution in [0.3, 0.4) is 0 Å². The molecule has 15 heteroatoms. The number of aliphatic hydroxyl groups is 1. The lowest BCUT2D eigenvalue weighted by atomic mass is 10.1. The predicted molar refractivity (Wildman–Crippen MR) is 172 cm³/mol. The standard InChI is InChI=1S/C31H49N7O8/c1-4-37(21-25-35-28-29(38(25)22-31(2,3)41)23-7-5-6-8-24(23)34-30(28)32)27(40)10-12-43-14-16-45-18-20-46-19-17-44-15-13-42-11-9-26(39)36-33/h5-8,41H,4,9-22,33H2,1-3H3,(H2,32,34)(H,36,39). The third kappa shape index (κ3) is 12.1. The third-order valence-electron chi connectivity index (χ3n) is 6.88. The highest BCUT2D eigenvalue weighted by Gasteiger charge is 2.24. The van der Waals surface area contributed by atoms with Gasteiger partial charge in [-0.3, -0.25) is 15.0 Å². The van der Waals surface area contributed by atoms with E-state index in [4.69, 9.17) is 40.2 Å². The summed E-state index contributed by atoms with van der Waals surface area (Å²) in [5.74, 6) is 5.58. The molecule has 0 saturated heterocycles. The van der Waals surface area contributed by atoms with Crippen molar-refractivity contribution in [2.45, 2.75) is 52.3 Å². The molecule has 1 aromatic carbocycles. The molecule has 0 bridgehead atoms. The number of carbonyl (C=O) groups is 2. The summed E-state index contributed by atoms with van der Waals surface area (Å²) in [7, 11) is 0. The van der Waals surface area contributed by atoms with Crippen LogP contribution in [-0.2, 0) is 46.4 Å². The maximum Gasteiger partial charge on any atom is 0.236 e. The number of carbonyl (C=O) groups excluding carboxylic acids is 2. The Balaban J connectivity index is 1.34. The second-order valence-electron chi connectivity index (χ2n) is 11.2. The molecule has 0 unspecified atom stereocenters. The van der Waals surface area contributed by atoms with Gasteiger partial charge in [0.15, 0.2) is 5.82 Å². The number of anilines is 1. The third-order valence-corrected chi connectivity index (χ3v) is 6.88. The summed E-state index contributed by atoms with van der Waals surface area (Å²) in [5.41, 5.74) is 9.39. The van der Waals surface area contributed by atoms with Crippen LogP contribution >= 0.6 is 0 Å². The lowest BCUT2D eigenvalue weighted by Gasteiger charge is -2.24. The zero-order valence-corrected chi connectivity index (χ0v) is 27.2. The van der Waals surface area contributed by atoms with Gasteiger partial charge in [0.1, 0.15) is 11.3 Å². The van der Waals surface area contributed by atoms with E-state index in [2.05, 4.69) is 4.98 Å². The van der Waals surface area contributed by atoms with Gasteiger partial charge in [-0.25, -0.2) is 15.8 Å². The normalized spacial score (nSPS) is 11.8. The quantitative estimate of drug-likeness (QED) is 0.0496. The van der Waals surface area contributed by atoms with Gasteiger partial charge < -0.3 is 44.0 Å². The number of hydrogen-bond donors (Lipinski definition) is 4. The van der Waals surface area contributed by atoms with Crippen molar-refractivity contribution in [3.05, 3.63) is 30.1 Å². The molecule has 2 heterocycles. The van der Waals surface area contributed by atoms with Gasteiger partial charge in [-0.1, -0.05) is 18.2 Å². The number of hydrogen-bond acceptors (Lipinski definition) is 12. The first kappa shape index (κ1) is 37.0. The molecular weight excluding hydrogens is 598 g/mol. The van der Waals surface area contributed by atoms with E-state index < -0.39 is 5.60 Å². The molecular formula is C31H49N7O8. The molecule has 0 aliphatic rings. The van der Waals surface area contributed by atoms with Crippen LogP contribution in [-0.4, -0.2) is 115 Å². The van der Waals surface area contributed by atoms with Crippen molar-refractivity contribution >= 4 is 39.6 Å². The van der Waals surface area contributed by atoms with E-state index in [0.29, 0.717) is 83.2 Å².